The van der Waals surface area contributed by atoms with Crippen molar-refractivity contribution in [3.05, 3.63) is 65.5 Å². The van der Waals surface area contributed by atoms with E-state index in [1.807, 2.05) is 36.4 Å². The highest BCUT2D eigenvalue weighted by atomic mass is 19.1. The summed E-state index contributed by atoms with van der Waals surface area (Å²) in [6.07, 6.45) is 0.532. The van der Waals surface area contributed by atoms with Crippen LogP contribution in [0.15, 0.2) is 48.5 Å². The van der Waals surface area contributed by atoms with Crippen LogP contribution >= 0.6 is 0 Å². The maximum absolute atomic E-state index is 13.1. The lowest BCUT2D eigenvalue weighted by molar-refractivity contribution is 0.00998. The summed E-state index contributed by atoms with van der Waals surface area (Å²) >= 11 is 0. The molecular weight excluding hydrogens is 371 g/mol. The highest BCUT2D eigenvalue weighted by molar-refractivity contribution is 5.32. The van der Waals surface area contributed by atoms with Gasteiger partial charge in [0.2, 0.25) is 0 Å². The van der Waals surface area contributed by atoms with E-state index in [1.54, 1.807) is 7.11 Å². The molecule has 1 fully saturated rings. The Kier molecular flexibility index (Phi) is 8.43. The molecule has 1 unspecified atom stereocenters. The number of hydrogen-bond donors (Lipinski definition) is 1. The average Bonchev–Trinajstić information content (AvgIpc) is 2.95. The molecule has 3 rings (SSSR count). The highest BCUT2D eigenvalue weighted by Crippen LogP contribution is 2.18. The quantitative estimate of drug-likeness (QED) is 0.699. The van der Waals surface area contributed by atoms with Crippen LogP contribution in [-0.4, -0.2) is 67.5 Å². The summed E-state index contributed by atoms with van der Waals surface area (Å²) in [5, 5.41) is 10.4. The van der Waals surface area contributed by atoms with E-state index < -0.39 is 6.10 Å². The Morgan fingerprint density at radius 1 is 1.00 bits per heavy atom. The zero-order valence-electron chi connectivity index (χ0n) is 17.1. The van der Waals surface area contributed by atoms with Gasteiger partial charge in [0.15, 0.2) is 0 Å². The van der Waals surface area contributed by atoms with Crippen LogP contribution in [-0.2, 0) is 17.9 Å². The largest absolute Gasteiger partial charge is 0.496 e. The Balaban J connectivity index is 1.38. The van der Waals surface area contributed by atoms with Crippen LogP contribution in [0.5, 0.6) is 5.75 Å². The number of halogens is 1. The second kappa shape index (κ2) is 11.3. The Bertz CT molecular complexity index is 741. The fourth-order valence-corrected chi connectivity index (χ4v) is 3.69. The number of para-hydroxylation sites is 1. The van der Waals surface area contributed by atoms with Crippen molar-refractivity contribution in [2.75, 3.05) is 46.4 Å². The minimum Gasteiger partial charge on any atom is -0.496 e. The maximum atomic E-state index is 13.1. The minimum absolute atomic E-state index is 0.197. The first kappa shape index (κ1) is 21.7. The van der Waals surface area contributed by atoms with Gasteiger partial charge >= 0.3 is 0 Å². The summed E-state index contributed by atoms with van der Waals surface area (Å²) < 4.78 is 24.1. The number of benzene rings is 2. The molecule has 0 amide bonds. The molecule has 6 heteroatoms. The molecule has 2 aromatic carbocycles. The van der Waals surface area contributed by atoms with Crippen LogP contribution < -0.4 is 4.74 Å². The van der Waals surface area contributed by atoms with E-state index >= 15 is 0 Å². The summed E-state index contributed by atoms with van der Waals surface area (Å²) in [6, 6.07) is 14.5. The van der Waals surface area contributed by atoms with Crippen LogP contribution in [0.4, 0.5) is 4.39 Å². The predicted octanol–water partition coefficient (Wildman–Crippen LogP) is 2.92. The molecule has 0 spiro atoms. The van der Waals surface area contributed by atoms with Crippen molar-refractivity contribution in [1.82, 2.24) is 9.80 Å². The number of ether oxygens (including phenoxy) is 2. The van der Waals surface area contributed by atoms with E-state index in [0.717, 1.165) is 56.0 Å². The number of nitrogens with zero attached hydrogens (tertiary/aromatic N) is 2. The maximum Gasteiger partial charge on any atom is 0.124 e. The zero-order valence-corrected chi connectivity index (χ0v) is 17.1. The molecule has 1 atom stereocenters. The number of aliphatic hydroxyl groups excluding tert-OH is 1. The van der Waals surface area contributed by atoms with Gasteiger partial charge in [0.05, 0.1) is 26.4 Å². The summed E-state index contributed by atoms with van der Waals surface area (Å²) in [5.74, 6) is 0.605. The van der Waals surface area contributed by atoms with Crippen molar-refractivity contribution in [2.24, 2.45) is 0 Å². The molecule has 1 saturated heterocycles. The Labute approximate surface area is 172 Å². The standard InChI is InChI=1S/C23H31FN2O3/c1-28-23-6-3-2-5-20(23)17-29-18-22(27)16-26-12-4-11-25(13-14-26)15-19-7-9-21(24)10-8-19/h2-3,5-10,22,27H,4,11-18H2,1H3. The van der Waals surface area contributed by atoms with Crippen molar-refractivity contribution >= 4 is 0 Å². The van der Waals surface area contributed by atoms with Crippen LogP contribution in [0, 0.1) is 5.82 Å². The molecule has 1 N–H and O–H groups in total. The molecule has 1 heterocycles. The third-order valence-corrected chi connectivity index (χ3v) is 5.23. The van der Waals surface area contributed by atoms with Crippen LogP contribution in [0.25, 0.3) is 0 Å². The van der Waals surface area contributed by atoms with Gasteiger partial charge in [-0.2, -0.15) is 0 Å². The van der Waals surface area contributed by atoms with Gasteiger partial charge in [-0.1, -0.05) is 30.3 Å². The van der Waals surface area contributed by atoms with E-state index in [2.05, 4.69) is 9.80 Å². The minimum atomic E-state index is -0.520. The topological polar surface area (TPSA) is 45.2 Å². The van der Waals surface area contributed by atoms with E-state index in [9.17, 15) is 9.50 Å². The molecule has 0 bridgehead atoms. The summed E-state index contributed by atoms with van der Waals surface area (Å²) in [7, 11) is 1.65. The van der Waals surface area contributed by atoms with Crippen molar-refractivity contribution in [3.8, 4) is 5.75 Å². The molecule has 5 nitrogen and oxygen atoms in total. The third kappa shape index (κ3) is 7.08. The summed E-state index contributed by atoms with van der Waals surface area (Å²) in [5.41, 5.74) is 2.11. The van der Waals surface area contributed by atoms with Crippen molar-refractivity contribution in [2.45, 2.75) is 25.7 Å². The normalized spacial score (nSPS) is 17.1. The molecule has 158 valence electrons. The monoisotopic (exact) mass is 402 g/mol. The smallest absolute Gasteiger partial charge is 0.124 e. The van der Waals surface area contributed by atoms with Gasteiger partial charge in [0.1, 0.15) is 11.6 Å². The van der Waals surface area contributed by atoms with E-state index in [4.69, 9.17) is 9.47 Å². The second-order valence-electron chi connectivity index (χ2n) is 7.54. The average molecular weight is 403 g/mol. The molecule has 1 aliphatic rings. The van der Waals surface area contributed by atoms with Crippen molar-refractivity contribution < 1.29 is 19.0 Å². The Morgan fingerprint density at radius 2 is 1.72 bits per heavy atom. The van der Waals surface area contributed by atoms with Crippen LogP contribution in [0.1, 0.15) is 17.5 Å². The van der Waals surface area contributed by atoms with E-state index in [-0.39, 0.29) is 5.82 Å². The van der Waals surface area contributed by atoms with Gasteiger partial charge in [0.25, 0.3) is 0 Å². The fourth-order valence-electron chi connectivity index (χ4n) is 3.69. The Hall–Kier alpha value is -1.99. The number of methoxy groups -OCH3 is 1. The lowest BCUT2D eigenvalue weighted by Gasteiger charge is -2.24. The number of aliphatic hydroxyl groups is 1. The second-order valence-corrected chi connectivity index (χ2v) is 7.54. The van der Waals surface area contributed by atoms with Gasteiger partial charge in [-0.3, -0.25) is 9.80 Å². The van der Waals surface area contributed by atoms with Crippen LogP contribution in [0.3, 0.4) is 0 Å². The summed E-state index contributed by atoms with van der Waals surface area (Å²) in [4.78, 5) is 4.68. The molecule has 29 heavy (non-hydrogen) atoms. The van der Waals surface area contributed by atoms with Gasteiger partial charge < -0.3 is 14.6 Å². The first-order valence-corrected chi connectivity index (χ1v) is 10.2. The van der Waals surface area contributed by atoms with Gasteiger partial charge in [0, 0.05) is 31.7 Å². The van der Waals surface area contributed by atoms with E-state index in [0.29, 0.717) is 19.8 Å². The van der Waals surface area contributed by atoms with Gasteiger partial charge in [-0.15, -0.1) is 0 Å². The molecule has 0 aromatic heterocycles. The molecular formula is C23H31FN2O3. The van der Waals surface area contributed by atoms with Gasteiger partial charge in [-0.05, 0) is 43.3 Å². The lowest BCUT2D eigenvalue weighted by atomic mass is 10.2. The molecule has 0 radical (unpaired) electrons. The zero-order chi connectivity index (χ0) is 20.5. The van der Waals surface area contributed by atoms with Crippen molar-refractivity contribution in [3.63, 3.8) is 0 Å². The van der Waals surface area contributed by atoms with Crippen molar-refractivity contribution in [1.29, 1.82) is 0 Å². The molecule has 0 saturated carbocycles. The van der Waals surface area contributed by atoms with Crippen LogP contribution in [0.2, 0.25) is 0 Å². The number of rotatable bonds is 9. The molecule has 0 aliphatic carbocycles. The lowest BCUT2D eigenvalue weighted by Crippen LogP contribution is -2.37. The number of β-amino-alcohol motifs (C(OH)–C–C–N with tert-alkyl or cyclic N) is 1. The van der Waals surface area contributed by atoms with E-state index in [1.165, 1.54) is 12.1 Å². The number of hydrogen-bond acceptors (Lipinski definition) is 5. The first-order valence-electron chi connectivity index (χ1n) is 10.2. The highest BCUT2D eigenvalue weighted by Gasteiger charge is 2.18. The molecule has 1 aliphatic heterocycles. The first-order chi connectivity index (χ1) is 14.1. The fraction of sp³-hybridized carbons (Fsp3) is 0.478. The predicted molar refractivity (Wildman–Crippen MR) is 111 cm³/mol. The third-order valence-electron chi connectivity index (χ3n) is 5.23. The SMILES string of the molecule is COc1ccccc1COCC(O)CN1CCCN(Cc2ccc(F)cc2)CC1. The Morgan fingerprint density at radius 3 is 2.52 bits per heavy atom. The van der Waals surface area contributed by atoms with Gasteiger partial charge in [-0.25, -0.2) is 4.39 Å². The summed E-state index contributed by atoms with van der Waals surface area (Å²) in [6.45, 7) is 5.98. The molecule has 2 aromatic rings.